The van der Waals surface area contributed by atoms with Gasteiger partial charge >= 0.3 is 0 Å². The van der Waals surface area contributed by atoms with Crippen LogP contribution in [0.25, 0.3) is 0 Å². The molecule has 100 valence electrons. The minimum atomic E-state index is -0.288. The summed E-state index contributed by atoms with van der Waals surface area (Å²) in [5.41, 5.74) is 1.81. The van der Waals surface area contributed by atoms with E-state index in [-0.39, 0.29) is 17.6 Å². The fourth-order valence-electron chi connectivity index (χ4n) is 1.97. The Morgan fingerprint density at radius 2 is 1.79 bits per heavy atom. The highest BCUT2D eigenvalue weighted by Gasteiger charge is 2.14. The summed E-state index contributed by atoms with van der Waals surface area (Å²) in [7, 11) is 0. The van der Waals surface area contributed by atoms with Crippen LogP contribution in [0.5, 0.6) is 0 Å². The maximum absolute atomic E-state index is 13.2. The minimum Gasteiger partial charge on any atom is -0.207 e. The monoisotopic (exact) mass is 344 g/mol. The van der Waals surface area contributed by atoms with E-state index in [1.165, 1.54) is 24.3 Å². The lowest BCUT2D eigenvalue weighted by Crippen LogP contribution is -2.06. The van der Waals surface area contributed by atoms with Gasteiger partial charge in [0.2, 0.25) is 0 Å². The Morgan fingerprint density at radius 1 is 1.05 bits per heavy atom. The molecule has 19 heavy (non-hydrogen) atoms. The van der Waals surface area contributed by atoms with Crippen LogP contribution in [0.1, 0.15) is 17.0 Å². The van der Waals surface area contributed by atoms with Crippen LogP contribution in [-0.2, 0) is 6.42 Å². The Morgan fingerprint density at radius 3 is 2.42 bits per heavy atom. The zero-order valence-electron chi connectivity index (χ0n) is 10.0. The molecule has 0 aliphatic rings. The average Bonchev–Trinajstić information content (AvgIpc) is 2.38. The number of rotatable bonds is 4. The number of alkyl halides is 1. The van der Waals surface area contributed by atoms with Crippen molar-refractivity contribution in [2.75, 3.05) is 5.88 Å². The highest BCUT2D eigenvalue weighted by molar-refractivity contribution is 9.10. The van der Waals surface area contributed by atoms with Gasteiger partial charge in [-0.1, -0.05) is 34.1 Å². The first-order valence-corrected chi connectivity index (χ1v) is 7.18. The smallest absolute Gasteiger partial charge is 0.124 e. The van der Waals surface area contributed by atoms with Gasteiger partial charge in [-0.05, 0) is 41.8 Å². The molecule has 0 nitrogen and oxygen atoms in total. The van der Waals surface area contributed by atoms with Crippen LogP contribution in [0.2, 0.25) is 0 Å². The number of halogens is 4. The summed E-state index contributed by atoms with van der Waals surface area (Å²) in [5, 5.41) is 0. The standard InChI is InChI=1S/C15H12BrClF2/c16-15-8-14(19)5-4-11(15)6-12(9-17)10-2-1-3-13(18)7-10/h1-5,7-8,12H,6,9H2. The summed E-state index contributed by atoms with van der Waals surface area (Å²) >= 11 is 9.31. The van der Waals surface area contributed by atoms with Crippen molar-refractivity contribution >= 4 is 27.5 Å². The van der Waals surface area contributed by atoms with E-state index in [9.17, 15) is 8.78 Å². The average molecular weight is 346 g/mol. The molecule has 0 amide bonds. The van der Waals surface area contributed by atoms with Gasteiger partial charge in [-0.3, -0.25) is 0 Å². The van der Waals surface area contributed by atoms with Crippen LogP contribution < -0.4 is 0 Å². The normalized spacial score (nSPS) is 12.4. The van der Waals surface area contributed by atoms with E-state index in [2.05, 4.69) is 15.9 Å². The summed E-state index contributed by atoms with van der Waals surface area (Å²) < 4.78 is 27.0. The van der Waals surface area contributed by atoms with Crippen LogP contribution in [0, 0.1) is 11.6 Å². The van der Waals surface area contributed by atoms with E-state index in [4.69, 9.17) is 11.6 Å². The van der Waals surface area contributed by atoms with E-state index >= 15 is 0 Å². The molecule has 4 heteroatoms. The lowest BCUT2D eigenvalue weighted by atomic mass is 9.93. The second-order valence-corrected chi connectivity index (χ2v) is 5.51. The molecule has 2 rings (SSSR count). The molecule has 0 aliphatic carbocycles. The van der Waals surface area contributed by atoms with Crippen LogP contribution in [0.3, 0.4) is 0 Å². The molecule has 0 aliphatic heterocycles. The highest BCUT2D eigenvalue weighted by atomic mass is 79.9. The second-order valence-electron chi connectivity index (χ2n) is 4.35. The lowest BCUT2D eigenvalue weighted by Gasteiger charge is -2.15. The van der Waals surface area contributed by atoms with Crippen molar-refractivity contribution in [3.63, 3.8) is 0 Å². The minimum absolute atomic E-state index is 0.000808. The zero-order chi connectivity index (χ0) is 13.8. The van der Waals surface area contributed by atoms with Gasteiger partial charge in [0.05, 0.1) is 0 Å². The van der Waals surface area contributed by atoms with Crippen molar-refractivity contribution in [1.82, 2.24) is 0 Å². The van der Waals surface area contributed by atoms with Crippen LogP contribution >= 0.6 is 27.5 Å². The van der Waals surface area contributed by atoms with Crippen molar-refractivity contribution in [2.24, 2.45) is 0 Å². The van der Waals surface area contributed by atoms with E-state index in [1.807, 2.05) is 6.07 Å². The summed E-state index contributed by atoms with van der Waals surface area (Å²) in [6.07, 6.45) is 0.633. The molecule has 2 aromatic carbocycles. The van der Waals surface area contributed by atoms with Gasteiger partial charge in [0.15, 0.2) is 0 Å². The highest BCUT2D eigenvalue weighted by Crippen LogP contribution is 2.27. The van der Waals surface area contributed by atoms with Crippen molar-refractivity contribution < 1.29 is 8.78 Å². The molecule has 0 fully saturated rings. The second kappa shape index (κ2) is 6.49. The number of benzene rings is 2. The topological polar surface area (TPSA) is 0 Å². The first-order chi connectivity index (χ1) is 9.10. The Kier molecular flexibility index (Phi) is 4.94. The van der Waals surface area contributed by atoms with E-state index < -0.39 is 0 Å². The van der Waals surface area contributed by atoms with Gasteiger partial charge in [-0.15, -0.1) is 11.6 Å². The Balaban J connectivity index is 2.24. The van der Waals surface area contributed by atoms with Gasteiger partial charge in [0.25, 0.3) is 0 Å². The van der Waals surface area contributed by atoms with Gasteiger partial charge in [-0.2, -0.15) is 0 Å². The molecular weight excluding hydrogens is 334 g/mol. The molecule has 1 unspecified atom stereocenters. The molecule has 0 heterocycles. The summed E-state index contributed by atoms with van der Waals surface area (Å²) in [4.78, 5) is 0. The fourth-order valence-corrected chi connectivity index (χ4v) is 2.77. The third kappa shape index (κ3) is 3.77. The zero-order valence-corrected chi connectivity index (χ0v) is 12.4. The third-order valence-corrected chi connectivity index (χ3v) is 4.10. The number of hydrogen-bond donors (Lipinski definition) is 0. The van der Waals surface area contributed by atoms with Gasteiger partial charge in [0.1, 0.15) is 11.6 Å². The Bertz CT molecular complexity index is 572. The summed E-state index contributed by atoms with van der Waals surface area (Å²) in [6, 6.07) is 11.0. The van der Waals surface area contributed by atoms with E-state index in [0.29, 0.717) is 16.8 Å². The van der Waals surface area contributed by atoms with Crippen LogP contribution in [0.4, 0.5) is 8.78 Å². The Hall–Kier alpha value is -0.930. The molecule has 0 saturated heterocycles. The van der Waals surface area contributed by atoms with Crippen molar-refractivity contribution in [2.45, 2.75) is 12.3 Å². The third-order valence-electron chi connectivity index (χ3n) is 2.99. The van der Waals surface area contributed by atoms with Crippen molar-refractivity contribution in [3.05, 3.63) is 69.7 Å². The quantitative estimate of drug-likeness (QED) is 0.660. The SMILES string of the molecule is Fc1cccc(C(CCl)Cc2ccc(F)cc2Br)c1. The largest absolute Gasteiger partial charge is 0.207 e. The maximum atomic E-state index is 13.2. The van der Waals surface area contributed by atoms with Gasteiger partial charge in [-0.25, -0.2) is 8.78 Å². The Labute approximate surface area is 124 Å². The lowest BCUT2D eigenvalue weighted by molar-refractivity contribution is 0.620. The molecular formula is C15H12BrClF2. The predicted molar refractivity (Wildman–Crippen MR) is 77.7 cm³/mol. The van der Waals surface area contributed by atoms with Gasteiger partial charge in [0, 0.05) is 16.3 Å². The molecule has 0 N–H and O–H groups in total. The van der Waals surface area contributed by atoms with Crippen LogP contribution in [0.15, 0.2) is 46.9 Å². The van der Waals surface area contributed by atoms with Crippen molar-refractivity contribution in [3.8, 4) is 0 Å². The number of hydrogen-bond acceptors (Lipinski definition) is 0. The predicted octanol–water partition coefficient (Wildman–Crippen LogP) is 5.29. The van der Waals surface area contributed by atoms with Gasteiger partial charge < -0.3 is 0 Å². The molecule has 0 aromatic heterocycles. The van der Waals surface area contributed by atoms with Crippen molar-refractivity contribution in [1.29, 1.82) is 0 Å². The first-order valence-electron chi connectivity index (χ1n) is 5.85. The molecule has 0 bridgehead atoms. The maximum Gasteiger partial charge on any atom is 0.124 e. The fraction of sp³-hybridized carbons (Fsp3) is 0.200. The molecule has 0 radical (unpaired) electrons. The van der Waals surface area contributed by atoms with E-state index in [1.54, 1.807) is 12.1 Å². The molecule has 2 aromatic rings. The molecule has 1 atom stereocenters. The summed E-state index contributed by atoms with van der Waals surface area (Å²) in [5.74, 6) is -0.179. The summed E-state index contributed by atoms with van der Waals surface area (Å²) in [6.45, 7) is 0. The van der Waals surface area contributed by atoms with Crippen LogP contribution in [-0.4, -0.2) is 5.88 Å². The van der Waals surface area contributed by atoms with E-state index in [0.717, 1.165) is 11.1 Å². The first kappa shape index (κ1) is 14.5. The molecule has 0 spiro atoms. The molecule has 0 saturated carbocycles.